The number of benzene rings is 1. The number of amides is 2. The van der Waals surface area contributed by atoms with E-state index in [0.29, 0.717) is 26.2 Å². The molecule has 0 unspecified atom stereocenters. The first-order valence-electron chi connectivity index (χ1n) is 8.41. The Balaban J connectivity index is 1.65. The summed E-state index contributed by atoms with van der Waals surface area (Å²) in [7, 11) is 0. The van der Waals surface area contributed by atoms with Crippen LogP contribution in [0, 0.1) is 11.7 Å². The molecule has 0 aromatic heterocycles. The number of morpholine rings is 1. The summed E-state index contributed by atoms with van der Waals surface area (Å²) in [5.74, 6) is -0.499. The molecule has 0 N–H and O–H groups in total. The van der Waals surface area contributed by atoms with Crippen molar-refractivity contribution in [1.82, 2.24) is 9.80 Å². The maximum Gasteiger partial charge on any atom is 0.228 e. The molecule has 0 aliphatic carbocycles. The first-order valence-corrected chi connectivity index (χ1v) is 8.41. The van der Waals surface area contributed by atoms with Crippen LogP contribution in [0.5, 0.6) is 0 Å². The van der Waals surface area contributed by atoms with Crippen LogP contribution in [0.3, 0.4) is 0 Å². The normalized spacial score (nSPS) is 24.8. The highest BCUT2D eigenvalue weighted by atomic mass is 19.1. The van der Waals surface area contributed by atoms with Gasteiger partial charge in [-0.1, -0.05) is 12.1 Å². The van der Waals surface area contributed by atoms with Crippen LogP contribution in [0.1, 0.15) is 31.9 Å². The van der Waals surface area contributed by atoms with Crippen molar-refractivity contribution in [1.29, 1.82) is 0 Å². The Bertz CT molecular complexity index is 617. The van der Waals surface area contributed by atoms with Gasteiger partial charge in [0.25, 0.3) is 0 Å². The highest BCUT2D eigenvalue weighted by molar-refractivity contribution is 5.89. The largest absolute Gasteiger partial charge is 0.370 e. The maximum atomic E-state index is 13.1. The van der Waals surface area contributed by atoms with Crippen LogP contribution >= 0.6 is 0 Å². The first kappa shape index (κ1) is 16.9. The van der Waals surface area contributed by atoms with E-state index >= 15 is 0 Å². The molecular weight excluding hydrogens is 311 g/mol. The van der Waals surface area contributed by atoms with Gasteiger partial charge in [-0.25, -0.2) is 4.39 Å². The molecule has 2 aliphatic rings. The highest BCUT2D eigenvalue weighted by Crippen LogP contribution is 2.27. The monoisotopic (exact) mass is 334 g/mol. The average Bonchev–Trinajstić information content (AvgIpc) is 2.97. The number of hydrogen-bond acceptors (Lipinski definition) is 3. The van der Waals surface area contributed by atoms with Crippen molar-refractivity contribution in [2.24, 2.45) is 5.92 Å². The van der Waals surface area contributed by atoms with Gasteiger partial charge >= 0.3 is 0 Å². The molecule has 0 radical (unpaired) electrons. The van der Waals surface area contributed by atoms with Crippen LogP contribution in [0.2, 0.25) is 0 Å². The number of likely N-dealkylation sites (tertiary alicyclic amines) is 1. The molecule has 0 spiro atoms. The van der Waals surface area contributed by atoms with Crippen LogP contribution in [-0.4, -0.2) is 53.9 Å². The number of carbonyl (C=O) groups is 2. The molecule has 0 bridgehead atoms. The summed E-state index contributed by atoms with van der Waals surface area (Å²) in [6.07, 6.45) is 0.0388. The SMILES string of the molecule is CC(C)N1C[C@@H](C(=O)N2CCO[C@H](c3ccc(F)cc3)C2)CC1=O. The van der Waals surface area contributed by atoms with E-state index in [-0.39, 0.29) is 42.1 Å². The van der Waals surface area contributed by atoms with E-state index in [1.165, 1.54) is 12.1 Å². The molecular formula is C18H23FN2O3. The molecule has 1 aromatic rings. The third-order valence-electron chi connectivity index (χ3n) is 4.75. The van der Waals surface area contributed by atoms with E-state index in [4.69, 9.17) is 4.74 Å². The fourth-order valence-corrected chi connectivity index (χ4v) is 3.38. The van der Waals surface area contributed by atoms with Gasteiger partial charge in [-0.3, -0.25) is 9.59 Å². The van der Waals surface area contributed by atoms with Crippen molar-refractivity contribution < 1.29 is 18.7 Å². The third kappa shape index (κ3) is 3.43. The summed E-state index contributed by atoms with van der Waals surface area (Å²) in [6.45, 7) is 5.84. The highest BCUT2D eigenvalue weighted by Gasteiger charge is 2.38. The zero-order valence-corrected chi connectivity index (χ0v) is 14.1. The number of halogens is 1. The second-order valence-corrected chi connectivity index (χ2v) is 6.74. The van der Waals surface area contributed by atoms with Crippen LogP contribution < -0.4 is 0 Å². The molecule has 2 atom stereocenters. The molecule has 5 nitrogen and oxygen atoms in total. The molecule has 2 amide bonds. The number of nitrogens with zero attached hydrogens (tertiary/aromatic N) is 2. The minimum Gasteiger partial charge on any atom is -0.370 e. The van der Waals surface area contributed by atoms with Crippen molar-refractivity contribution in [3.63, 3.8) is 0 Å². The van der Waals surface area contributed by atoms with Crippen LogP contribution in [0.4, 0.5) is 4.39 Å². The Morgan fingerprint density at radius 2 is 1.96 bits per heavy atom. The molecule has 2 heterocycles. The Kier molecular flexibility index (Phi) is 4.85. The van der Waals surface area contributed by atoms with Gasteiger partial charge in [-0.2, -0.15) is 0 Å². The number of ether oxygens (including phenoxy) is 1. The fraction of sp³-hybridized carbons (Fsp3) is 0.556. The Morgan fingerprint density at radius 3 is 2.58 bits per heavy atom. The lowest BCUT2D eigenvalue weighted by molar-refractivity contribution is -0.143. The van der Waals surface area contributed by atoms with Gasteiger partial charge in [0.05, 0.1) is 19.1 Å². The Morgan fingerprint density at radius 1 is 1.25 bits per heavy atom. The van der Waals surface area contributed by atoms with E-state index in [9.17, 15) is 14.0 Å². The lowest BCUT2D eigenvalue weighted by Gasteiger charge is -2.34. The Labute approximate surface area is 141 Å². The molecule has 2 fully saturated rings. The molecule has 1 aromatic carbocycles. The summed E-state index contributed by atoms with van der Waals surface area (Å²) in [5, 5.41) is 0. The molecule has 130 valence electrons. The van der Waals surface area contributed by atoms with Gasteiger partial charge in [0.2, 0.25) is 11.8 Å². The van der Waals surface area contributed by atoms with Gasteiger partial charge in [0.15, 0.2) is 0 Å². The number of hydrogen-bond donors (Lipinski definition) is 0. The van der Waals surface area contributed by atoms with Crippen LogP contribution in [0.15, 0.2) is 24.3 Å². The van der Waals surface area contributed by atoms with Crippen LogP contribution in [-0.2, 0) is 14.3 Å². The van der Waals surface area contributed by atoms with E-state index in [2.05, 4.69) is 0 Å². The fourth-order valence-electron chi connectivity index (χ4n) is 3.38. The summed E-state index contributed by atoms with van der Waals surface area (Å²) in [5.41, 5.74) is 0.861. The Hall–Kier alpha value is -1.95. The minimum atomic E-state index is -0.291. The summed E-state index contributed by atoms with van der Waals surface area (Å²) in [4.78, 5) is 28.3. The topological polar surface area (TPSA) is 49.9 Å². The van der Waals surface area contributed by atoms with Crippen molar-refractivity contribution in [2.45, 2.75) is 32.4 Å². The maximum absolute atomic E-state index is 13.1. The van der Waals surface area contributed by atoms with E-state index < -0.39 is 0 Å². The van der Waals surface area contributed by atoms with E-state index in [1.54, 1.807) is 21.9 Å². The quantitative estimate of drug-likeness (QED) is 0.849. The molecule has 0 saturated carbocycles. The smallest absolute Gasteiger partial charge is 0.228 e. The van der Waals surface area contributed by atoms with Gasteiger partial charge in [-0.05, 0) is 31.5 Å². The van der Waals surface area contributed by atoms with Crippen molar-refractivity contribution in [3.8, 4) is 0 Å². The van der Waals surface area contributed by atoms with E-state index in [0.717, 1.165) is 5.56 Å². The lowest BCUT2D eigenvalue weighted by atomic mass is 10.0. The van der Waals surface area contributed by atoms with Crippen LogP contribution in [0.25, 0.3) is 0 Å². The molecule has 24 heavy (non-hydrogen) atoms. The second kappa shape index (κ2) is 6.89. The molecule has 2 saturated heterocycles. The van der Waals surface area contributed by atoms with Gasteiger partial charge < -0.3 is 14.5 Å². The zero-order valence-electron chi connectivity index (χ0n) is 14.1. The third-order valence-corrected chi connectivity index (χ3v) is 4.75. The predicted octanol–water partition coefficient (Wildman–Crippen LogP) is 1.98. The average molecular weight is 334 g/mol. The number of rotatable bonds is 3. The predicted molar refractivity (Wildman–Crippen MR) is 86.6 cm³/mol. The minimum absolute atomic E-state index is 0.0157. The molecule has 3 rings (SSSR count). The second-order valence-electron chi connectivity index (χ2n) is 6.74. The van der Waals surface area contributed by atoms with Gasteiger partial charge in [-0.15, -0.1) is 0 Å². The number of carbonyl (C=O) groups excluding carboxylic acids is 2. The van der Waals surface area contributed by atoms with Crippen molar-refractivity contribution in [3.05, 3.63) is 35.6 Å². The zero-order chi connectivity index (χ0) is 17.3. The lowest BCUT2D eigenvalue weighted by Crippen LogP contribution is -2.45. The standard InChI is InChI=1S/C18H23FN2O3/c1-12(2)21-10-14(9-17(21)22)18(23)20-7-8-24-16(11-20)13-3-5-15(19)6-4-13/h3-6,12,14,16H,7-11H2,1-2H3/t14-,16-/m0/s1. The van der Waals surface area contributed by atoms with Gasteiger partial charge in [0.1, 0.15) is 11.9 Å². The summed E-state index contributed by atoms with van der Waals surface area (Å²) >= 11 is 0. The van der Waals surface area contributed by atoms with Gasteiger partial charge in [0, 0.05) is 25.6 Å². The summed E-state index contributed by atoms with van der Waals surface area (Å²) < 4.78 is 18.8. The summed E-state index contributed by atoms with van der Waals surface area (Å²) in [6, 6.07) is 6.29. The first-order chi connectivity index (χ1) is 11.5. The van der Waals surface area contributed by atoms with Crippen molar-refractivity contribution >= 4 is 11.8 Å². The van der Waals surface area contributed by atoms with Crippen molar-refractivity contribution in [2.75, 3.05) is 26.2 Å². The molecule has 6 heteroatoms. The molecule has 2 aliphatic heterocycles. The van der Waals surface area contributed by atoms with E-state index in [1.807, 2.05) is 13.8 Å².